The first-order valence-electron chi connectivity index (χ1n) is 13.0. The summed E-state index contributed by atoms with van der Waals surface area (Å²) in [7, 11) is -4.10. The fourth-order valence-corrected chi connectivity index (χ4v) is 3.90. The minimum Gasteiger partial charge on any atom is -0.490 e. The number of amides is 1. The van der Waals surface area contributed by atoms with Crippen LogP contribution >= 0.6 is 0 Å². The first kappa shape index (κ1) is 31.7. The zero-order chi connectivity index (χ0) is 27.0. The number of ether oxygens (including phenoxy) is 3. The maximum atomic E-state index is 13.1. The Morgan fingerprint density at radius 2 is 1.47 bits per heavy atom. The third-order valence-corrected chi connectivity index (χ3v) is 6.24. The van der Waals surface area contributed by atoms with Crippen LogP contribution < -0.4 is 19.5 Å². The van der Waals surface area contributed by atoms with Crippen LogP contribution in [0.25, 0.3) is 0 Å². The molecular formula is C26H43NO8S. The van der Waals surface area contributed by atoms with Gasteiger partial charge in [-0.3, -0.25) is 14.1 Å². The first-order chi connectivity index (χ1) is 17.1. The van der Waals surface area contributed by atoms with E-state index in [4.69, 9.17) is 18.8 Å². The molecule has 0 aliphatic heterocycles. The average molecular weight is 530 g/mol. The van der Waals surface area contributed by atoms with E-state index < -0.39 is 27.8 Å². The van der Waals surface area contributed by atoms with Crippen LogP contribution in [0.5, 0.6) is 17.2 Å². The number of ketones is 1. The standard InChI is InChI=1S/C26H43NO8S/c1-5-8-10-11-13-22(20(4)28)27-26(29)21-18-23(33-14-7-3)25(24(19-21)34-15-9-6-2)35-16-12-17-36(30,31)32/h18-19,22H,5-17H2,1-4H3,(H,27,29)(H,30,31,32). The summed E-state index contributed by atoms with van der Waals surface area (Å²) in [6, 6.07) is 2.52. The molecule has 0 heterocycles. The average Bonchev–Trinajstić information content (AvgIpc) is 2.82. The number of carbonyl (C=O) groups is 2. The molecule has 1 aromatic carbocycles. The summed E-state index contributed by atoms with van der Waals surface area (Å²) in [5.74, 6) is -0.0727. The van der Waals surface area contributed by atoms with E-state index in [-0.39, 0.29) is 30.1 Å². The molecule has 0 radical (unpaired) electrons. The van der Waals surface area contributed by atoms with Crippen LogP contribution in [-0.4, -0.2) is 56.3 Å². The summed E-state index contributed by atoms with van der Waals surface area (Å²) in [5.41, 5.74) is 0.276. The summed E-state index contributed by atoms with van der Waals surface area (Å²) in [4.78, 5) is 25.3. The lowest BCUT2D eigenvalue weighted by Gasteiger charge is -2.20. The lowest BCUT2D eigenvalue weighted by molar-refractivity contribution is -0.119. The van der Waals surface area contributed by atoms with Crippen molar-refractivity contribution in [3.63, 3.8) is 0 Å². The van der Waals surface area contributed by atoms with Crippen molar-refractivity contribution >= 4 is 21.8 Å². The third-order valence-electron chi connectivity index (χ3n) is 5.44. The summed E-state index contributed by atoms with van der Waals surface area (Å²) < 4.78 is 48.6. The van der Waals surface area contributed by atoms with E-state index in [2.05, 4.69) is 12.2 Å². The molecule has 1 amide bonds. The smallest absolute Gasteiger partial charge is 0.264 e. The van der Waals surface area contributed by atoms with Crippen LogP contribution in [0.1, 0.15) is 95.8 Å². The monoisotopic (exact) mass is 529 g/mol. The maximum Gasteiger partial charge on any atom is 0.264 e. The Balaban J connectivity index is 3.19. The predicted molar refractivity (Wildman–Crippen MR) is 140 cm³/mol. The molecule has 9 nitrogen and oxygen atoms in total. The van der Waals surface area contributed by atoms with Crippen LogP contribution in [0, 0.1) is 0 Å². The predicted octanol–water partition coefficient (Wildman–Crippen LogP) is 4.97. The van der Waals surface area contributed by atoms with Gasteiger partial charge in [0.05, 0.1) is 31.6 Å². The van der Waals surface area contributed by atoms with Gasteiger partial charge in [0, 0.05) is 5.56 Å². The Morgan fingerprint density at radius 1 is 0.861 bits per heavy atom. The largest absolute Gasteiger partial charge is 0.490 e. The van der Waals surface area contributed by atoms with Gasteiger partial charge in [0.25, 0.3) is 16.0 Å². The fourth-order valence-electron chi connectivity index (χ4n) is 3.41. The summed E-state index contributed by atoms with van der Waals surface area (Å²) in [5, 5.41) is 2.84. The second kappa shape index (κ2) is 17.2. The zero-order valence-electron chi connectivity index (χ0n) is 22.1. The molecule has 1 unspecified atom stereocenters. The molecule has 0 bridgehead atoms. The van der Waals surface area contributed by atoms with Gasteiger partial charge in [0.1, 0.15) is 0 Å². The van der Waals surface area contributed by atoms with E-state index in [1.807, 2.05) is 13.8 Å². The molecule has 0 fully saturated rings. The summed E-state index contributed by atoms with van der Waals surface area (Å²) in [6.45, 7) is 8.32. The molecule has 0 saturated carbocycles. The number of carbonyl (C=O) groups excluding carboxylic acids is 2. The lowest BCUT2D eigenvalue weighted by atomic mass is 10.0. The number of unbranched alkanes of at least 4 members (excludes halogenated alkanes) is 4. The van der Waals surface area contributed by atoms with Gasteiger partial charge in [-0.05, 0) is 44.7 Å². The van der Waals surface area contributed by atoms with Crippen LogP contribution in [0.3, 0.4) is 0 Å². The molecule has 0 aliphatic rings. The second-order valence-corrected chi connectivity index (χ2v) is 10.4. The molecule has 206 valence electrons. The number of Topliss-reactive ketones (excluding diaryl/α,β-unsaturated/α-hetero) is 1. The Labute approximate surface area is 216 Å². The Morgan fingerprint density at radius 3 is 2.03 bits per heavy atom. The molecule has 0 aromatic heterocycles. The van der Waals surface area contributed by atoms with Gasteiger partial charge in [-0.2, -0.15) is 8.42 Å². The van der Waals surface area contributed by atoms with Crippen LogP contribution in [0.4, 0.5) is 0 Å². The SMILES string of the molecule is CCCCCCC(NC(=O)c1cc(OCCC)c(OCCCS(=O)(=O)O)c(OCCCC)c1)C(C)=O. The van der Waals surface area contributed by atoms with Crippen LogP contribution in [0.15, 0.2) is 12.1 Å². The van der Waals surface area contributed by atoms with E-state index in [0.29, 0.717) is 31.1 Å². The van der Waals surface area contributed by atoms with Crippen molar-refractivity contribution < 1.29 is 36.8 Å². The van der Waals surface area contributed by atoms with Crippen molar-refractivity contribution in [3.05, 3.63) is 17.7 Å². The molecule has 0 aliphatic carbocycles. The normalized spacial score (nSPS) is 12.1. The number of benzene rings is 1. The van der Waals surface area contributed by atoms with Crippen molar-refractivity contribution in [2.75, 3.05) is 25.6 Å². The summed E-state index contributed by atoms with van der Waals surface area (Å²) >= 11 is 0. The molecule has 0 spiro atoms. The third kappa shape index (κ3) is 12.6. The Bertz CT molecular complexity index is 917. The topological polar surface area (TPSA) is 128 Å². The molecule has 10 heteroatoms. The highest BCUT2D eigenvalue weighted by molar-refractivity contribution is 7.85. The van der Waals surface area contributed by atoms with E-state index in [0.717, 1.165) is 44.9 Å². The van der Waals surface area contributed by atoms with Gasteiger partial charge in [0.2, 0.25) is 5.75 Å². The van der Waals surface area contributed by atoms with E-state index in [1.54, 1.807) is 12.1 Å². The van der Waals surface area contributed by atoms with Crippen LogP contribution in [0.2, 0.25) is 0 Å². The minimum absolute atomic E-state index is 0.00211. The highest BCUT2D eigenvalue weighted by atomic mass is 32.2. The van der Waals surface area contributed by atoms with Gasteiger partial charge in [-0.15, -0.1) is 0 Å². The quantitative estimate of drug-likeness (QED) is 0.179. The second-order valence-electron chi connectivity index (χ2n) is 8.83. The van der Waals surface area contributed by atoms with Gasteiger partial charge in [-0.25, -0.2) is 0 Å². The number of hydrogen-bond acceptors (Lipinski definition) is 7. The number of rotatable bonds is 20. The highest BCUT2D eigenvalue weighted by Gasteiger charge is 2.22. The zero-order valence-corrected chi connectivity index (χ0v) is 23.0. The van der Waals surface area contributed by atoms with E-state index in [9.17, 15) is 18.0 Å². The van der Waals surface area contributed by atoms with E-state index in [1.165, 1.54) is 6.92 Å². The van der Waals surface area contributed by atoms with Gasteiger partial charge in [-0.1, -0.05) is 52.9 Å². The van der Waals surface area contributed by atoms with Crippen molar-refractivity contribution in [2.24, 2.45) is 0 Å². The number of nitrogens with one attached hydrogen (secondary N) is 1. The van der Waals surface area contributed by atoms with Crippen molar-refractivity contribution in [3.8, 4) is 17.2 Å². The lowest BCUT2D eigenvalue weighted by Crippen LogP contribution is -2.39. The molecule has 0 saturated heterocycles. The van der Waals surface area contributed by atoms with Gasteiger partial charge >= 0.3 is 0 Å². The van der Waals surface area contributed by atoms with Crippen molar-refractivity contribution in [2.45, 2.75) is 91.5 Å². The van der Waals surface area contributed by atoms with Gasteiger partial charge in [0.15, 0.2) is 17.3 Å². The molecular weight excluding hydrogens is 486 g/mol. The fraction of sp³-hybridized carbons (Fsp3) is 0.692. The van der Waals surface area contributed by atoms with E-state index >= 15 is 0 Å². The Hall–Kier alpha value is -2.33. The van der Waals surface area contributed by atoms with Crippen molar-refractivity contribution in [1.29, 1.82) is 0 Å². The molecule has 2 N–H and O–H groups in total. The van der Waals surface area contributed by atoms with Gasteiger partial charge < -0.3 is 19.5 Å². The van der Waals surface area contributed by atoms with Crippen molar-refractivity contribution in [1.82, 2.24) is 5.32 Å². The first-order valence-corrected chi connectivity index (χ1v) is 14.6. The summed E-state index contributed by atoms with van der Waals surface area (Å²) in [6.07, 6.45) is 7.08. The molecule has 1 atom stereocenters. The number of hydrogen-bond donors (Lipinski definition) is 2. The van der Waals surface area contributed by atoms with Crippen LogP contribution in [-0.2, 0) is 14.9 Å². The molecule has 1 rings (SSSR count). The minimum atomic E-state index is -4.10. The molecule has 36 heavy (non-hydrogen) atoms. The highest BCUT2D eigenvalue weighted by Crippen LogP contribution is 2.39. The molecule has 1 aromatic rings. The maximum absolute atomic E-state index is 13.1. The Kier molecular flexibility index (Phi) is 15.1.